The number of rotatable bonds is 4. The molecule has 0 saturated heterocycles. The number of hydrogen-bond acceptors (Lipinski definition) is 4. The largest absolute Gasteiger partial charge is 0.508 e. The standard InChI is InChI=1S/C14H14N2O2S/c15-16-14(18)13(10-5-2-1-3-6-10)19-12-8-4-7-11(17)9-12/h1-9,13,17H,15H2,(H,16,18). The fourth-order valence-electron chi connectivity index (χ4n) is 1.67. The van der Waals surface area contributed by atoms with E-state index in [2.05, 4.69) is 5.43 Å². The van der Waals surface area contributed by atoms with Gasteiger partial charge >= 0.3 is 0 Å². The Hall–Kier alpha value is -1.98. The Bertz CT molecular complexity index is 560. The van der Waals surface area contributed by atoms with Gasteiger partial charge < -0.3 is 5.11 Å². The Balaban J connectivity index is 2.27. The van der Waals surface area contributed by atoms with E-state index in [1.165, 1.54) is 11.8 Å². The number of carbonyl (C=O) groups is 1. The number of hydrogen-bond donors (Lipinski definition) is 3. The van der Waals surface area contributed by atoms with E-state index in [-0.39, 0.29) is 11.7 Å². The second-order valence-electron chi connectivity index (χ2n) is 3.91. The van der Waals surface area contributed by atoms with Crippen LogP contribution in [0.1, 0.15) is 10.8 Å². The topological polar surface area (TPSA) is 75.3 Å². The molecule has 0 aliphatic carbocycles. The number of phenols is 1. The Kier molecular flexibility index (Phi) is 4.43. The highest BCUT2D eigenvalue weighted by atomic mass is 32.2. The average Bonchev–Trinajstić information content (AvgIpc) is 2.45. The SMILES string of the molecule is NNC(=O)C(Sc1cccc(O)c1)c1ccccc1. The van der Waals surface area contributed by atoms with Crippen LogP contribution in [0.15, 0.2) is 59.5 Å². The fraction of sp³-hybridized carbons (Fsp3) is 0.0714. The molecule has 1 amide bonds. The van der Waals surface area contributed by atoms with Crippen LogP contribution < -0.4 is 11.3 Å². The maximum absolute atomic E-state index is 11.9. The molecule has 0 heterocycles. The van der Waals surface area contributed by atoms with Crippen LogP contribution in [0.2, 0.25) is 0 Å². The van der Waals surface area contributed by atoms with Crippen molar-refractivity contribution >= 4 is 17.7 Å². The van der Waals surface area contributed by atoms with Gasteiger partial charge in [0.1, 0.15) is 11.0 Å². The van der Waals surface area contributed by atoms with Crippen LogP contribution in [0.3, 0.4) is 0 Å². The highest BCUT2D eigenvalue weighted by Crippen LogP contribution is 2.36. The van der Waals surface area contributed by atoms with Gasteiger partial charge in [-0.2, -0.15) is 0 Å². The summed E-state index contributed by atoms with van der Waals surface area (Å²) < 4.78 is 0. The van der Waals surface area contributed by atoms with Gasteiger partial charge in [0.2, 0.25) is 0 Å². The van der Waals surface area contributed by atoms with Gasteiger partial charge in [0.25, 0.3) is 5.91 Å². The number of aromatic hydroxyl groups is 1. The lowest BCUT2D eigenvalue weighted by molar-refractivity contribution is -0.120. The number of amides is 1. The van der Waals surface area contributed by atoms with Gasteiger partial charge in [-0.25, -0.2) is 5.84 Å². The van der Waals surface area contributed by atoms with Crippen LogP contribution in [-0.2, 0) is 4.79 Å². The van der Waals surface area contributed by atoms with Crippen molar-refractivity contribution in [2.24, 2.45) is 5.84 Å². The van der Waals surface area contributed by atoms with Gasteiger partial charge in [-0.05, 0) is 23.8 Å². The minimum absolute atomic E-state index is 0.171. The number of benzene rings is 2. The summed E-state index contributed by atoms with van der Waals surface area (Å²) >= 11 is 1.34. The van der Waals surface area contributed by atoms with Crippen molar-refractivity contribution in [2.75, 3.05) is 0 Å². The molecule has 2 aromatic carbocycles. The molecule has 2 aromatic rings. The van der Waals surface area contributed by atoms with Crippen molar-refractivity contribution < 1.29 is 9.90 Å². The summed E-state index contributed by atoms with van der Waals surface area (Å²) in [6, 6.07) is 16.1. The molecule has 0 fully saturated rings. The predicted molar refractivity (Wildman–Crippen MR) is 75.5 cm³/mol. The zero-order valence-corrected chi connectivity index (χ0v) is 10.9. The predicted octanol–water partition coefficient (Wildman–Crippen LogP) is 2.22. The number of hydrazine groups is 1. The Morgan fingerprint density at radius 1 is 1.16 bits per heavy atom. The quantitative estimate of drug-likeness (QED) is 0.346. The molecule has 0 aromatic heterocycles. The Labute approximate surface area is 115 Å². The third kappa shape index (κ3) is 3.49. The molecule has 4 nitrogen and oxygen atoms in total. The zero-order chi connectivity index (χ0) is 13.7. The Morgan fingerprint density at radius 2 is 1.89 bits per heavy atom. The lowest BCUT2D eigenvalue weighted by atomic mass is 10.1. The van der Waals surface area contributed by atoms with Crippen LogP contribution in [0, 0.1) is 0 Å². The van der Waals surface area contributed by atoms with Crippen LogP contribution in [0.4, 0.5) is 0 Å². The van der Waals surface area contributed by atoms with Crippen molar-refractivity contribution in [1.29, 1.82) is 0 Å². The van der Waals surface area contributed by atoms with Gasteiger partial charge in [0.15, 0.2) is 0 Å². The summed E-state index contributed by atoms with van der Waals surface area (Å²) in [6.45, 7) is 0. The van der Waals surface area contributed by atoms with Crippen molar-refractivity contribution in [3.63, 3.8) is 0 Å². The first-order chi connectivity index (χ1) is 9.20. The second-order valence-corrected chi connectivity index (χ2v) is 5.09. The van der Waals surface area contributed by atoms with E-state index in [4.69, 9.17) is 5.84 Å². The molecule has 0 radical (unpaired) electrons. The van der Waals surface area contributed by atoms with Crippen molar-refractivity contribution in [3.05, 3.63) is 60.2 Å². The Morgan fingerprint density at radius 3 is 2.53 bits per heavy atom. The molecule has 1 atom stereocenters. The van der Waals surface area contributed by atoms with E-state index >= 15 is 0 Å². The van der Waals surface area contributed by atoms with Crippen LogP contribution in [0.5, 0.6) is 5.75 Å². The first kappa shape index (κ1) is 13.5. The summed E-state index contributed by atoms with van der Waals surface area (Å²) in [5, 5.41) is 9.00. The molecule has 0 bridgehead atoms. The number of phenolic OH excluding ortho intramolecular Hbond substituents is 1. The van der Waals surface area contributed by atoms with Crippen molar-refractivity contribution in [3.8, 4) is 5.75 Å². The lowest BCUT2D eigenvalue weighted by Gasteiger charge is -2.15. The molecule has 2 rings (SSSR count). The summed E-state index contributed by atoms with van der Waals surface area (Å²) in [5.41, 5.74) is 3.04. The molecule has 0 saturated carbocycles. The third-order valence-electron chi connectivity index (χ3n) is 2.55. The maximum atomic E-state index is 11.9. The monoisotopic (exact) mass is 274 g/mol. The highest BCUT2D eigenvalue weighted by molar-refractivity contribution is 8.00. The zero-order valence-electron chi connectivity index (χ0n) is 10.1. The van der Waals surface area contributed by atoms with Crippen LogP contribution >= 0.6 is 11.8 Å². The third-order valence-corrected chi connectivity index (χ3v) is 3.80. The van der Waals surface area contributed by atoms with Gasteiger partial charge in [0.05, 0.1) is 0 Å². The molecule has 4 N–H and O–H groups in total. The fourth-order valence-corrected chi connectivity index (χ4v) is 2.76. The van der Waals surface area contributed by atoms with Gasteiger partial charge in [-0.3, -0.25) is 10.2 Å². The van der Waals surface area contributed by atoms with E-state index < -0.39 is 5.25 Å². The molecule has 0 aliphatic rings. The van der Waals surface area contributed by atoms with E-state index in [0.717, 1.165) is 10.5 Å². The average molecular weight is 274 g/mol. The molecule has 0 spiro atoms. The van der Waals surface area contributed by atoms with Crippen molar-refractivity contribution in [1.82, 2.24) is 5.43 Å². The summed E-state index contributed by atoms with van der Waals surface area (Å²) in [4.78, 5) is 12.7. The maximum Gasteiger partial charge on any atom is 0.251 e. The number of nitrogens with one attached hydrogen (secondary N) is 1. The number of thioether (sulfide) groups is 1. The molecule has 1 unspecified atom stereocenters. The lowest BCUT2D eigenvalue weighted by Crippen LogP contribution is -2.33. The van der Waals surface area contributed by atoms with E-state index in [1.54, 1.807) is 18.2 Å². The minimum atomic E-state index is -0.451. The van der Waals surface area contributed by atoms with Crippen molar-refractivity contribution in [2.45, 2.75) is 10.1 Å². The number of nitrogens with two attached hydrogens (primary N) is 1. The normalized spacial score (nSPS) is 11.8. The molecule has 5 heteroatoms. The number of carbonyl (C=O) groups excluding carboxylic acids is 1. The molecular formula is C14H14N2O2S. The molecular weight excluding hydrogens is 260 g/mol. The molecule has 98 valence electrons. The van der Waals surface area contributed by atoms with Crippen LogP contribution in [0.25, 0.3) is 0 Å². The van der Waals surface area contributed by atoms with E-state index in [0.29, 0.717) is 0 Å². The van der Waals surface area contributed by atoms with Gasteiger partial charge in [0, 0.05) is 4.90 Å². The summed E-state index contributed by atoms with van der Waals surface area (Å²) in [6.07, 6.45) is 0. The summed E-state index contributed by atoms with van der Waals surface area (Å²) in [7, 11) is 0. The highest BCUT2D eigenvalue weighted by Gasteiger charge is 2.21. The summed E-state index contributed by atoms with van der Waals surface area (Å²) in [5.74, 6) is 5.12. The molecule has 19 heavy (non-hydrogen) atoms. The van der Waals surface area contributed by atoms with E-state index in [1.807, 2.05) is 36.4 Å². The van der Waals surface area contributed by atoms with Crippen LogP contribution in [-0.4, -0.2) is 11.0 Å². The first-order valence-electron chi connectivity index (χ1n) is 5.72. The smallest absolute Gasteiger partial charge is 0.251 e. The first-order valence-corrected chi connectivity index (χ1v) is 6.60. The minimum Gasteiger partial charge on any atom is -0.508 e. The van der Waals surface area contributed by atoms with E-state index in [9.17, 15) is 9.90 Å². The van der Waals surface area contributed by atoms with Gasteiger partial charge in [-0.1, -0.05) is 36.4 Å². The molecule has 0 aliphatic heterocycles. The second kappa shape index (κ2) is 6.26. The van der Waals surface area contributed by atoms with Gasteiger partial charge in [-0.15, -0.1) is 11.8 Å².